The Morgan fingerprint density at radius 1 is 0.568 bits per heavy atom. The number of ether oxygens (including phenoxy) is 5. The average molecular weight is 1190 g/mol. The Labute approximate surface area is 482 Å². The summed E-state index contributed by atoms with van der Waals surface area (Å²) in [5, 5.41) is 18.4. The van der Waals surface area contributed by atoms with E-state index in [1.807, 2.05) is 112 Å². The number of benzene rings is 6. The molecule has 20 heteroatoms. The molecule has 0 radical (unpaired) electrons. The molecule has 3 saturated carbocycles. The van der Waals surface area contributed by atoms with Crippen molar-refractivity contribution >= 4 is 63.1 Å². The number of esters is 2. The number of primary amides is 1. The van der Waals surface area contributed by atoms with Gasteiger partial charge in [-0.15, -0.1) is 0 Å². The number of carbonyl (C=O) groups is 6. The van der Waals surface area contributed by atoms with Crippen LogP contribution < -0.4 is 36.4 Å². The molecule has 18 nitrogen and oxygen atoms in total. The van der Waals surface area contributed by atoms with E-state index in [2.05, 4.69) is 21.4 Å². The Morgan fingerprint density at radius 3 is 1.67 bits per heavy atom. The number of halogens is 2. The van der Waals surface area contributed by atoms with Gasteiger partial charge in [0.2, 0.25) is 23.6 Å². The molecule has 0 heterocycles. The van der Waals surface area contributed by atoms with E-state index in [0.717, 1.165) is 26.7 Å². The lowest BCUT2D eigenvalue weighted by Gasteiger charge is -2.20. The summed E-state index contributed by atoms with van der Waals surface area (Å²) in [7, 11) is 2.58. The van der Waals surface area contributed by atoms with Gasteiger partial charge in [0, 0.05) is 9.50 Å². The molecule has 6 aromatic carbocycles. The maximum absolute atomic E-state index is 12.4. The predicted molar refractivity (Wildman–Crippen MR) is 300 cm³/mol. The summed E-state index contributed by atoms with van der Waals surface area (Å²) in [6, 6.07) is 46.6. The summed E-state index contributed by atoms with van der Waals surface area (Å²) in [5.41, 5.74) is 13.1. The molecule has 0 saturated heterocycles. The third-order valence-electron chi connectivity index (χ3n) is 14.2. The van der Waals surface area contributed by atoms with Crippen molar-refractivity contribution in [1.29, 1.82) is 0 Å². The molecule has 0 unspecified atom stereocenters. The number of rotatable bonds is 20. The van der Waals surface area contributed by atoms with E-state index in [-0.39, 0.29) is 12.3 Å². The van der Waals surface area contributed by atoms with Crippen LogP contribution in [0.5, 0.6) is 17.2 Å². The van der Waals surface area contributed by atoms with Gasteiger partial charge in [0.05, 0.1) is 48.4 Å². The summed E-state index contributed by atoms with van der Waals surface area (Å²) >= 11 is 9.30. The van der Waals surface area contributed by atoms with Crippen molar-refractivity contribution in [2.24, 2.45) is 28.9 Å². The van der Waals surface area contributed by atoms with Crippen LogP contribution in [0.1, 0.15) is 73.4 Å². The van der Waals surface area contributed by atoms with Crippen molar-refractivity contribution in [2.45, 2.75) is 82.7 Å². The molecule has 4 amide bonds. The third-order valence-corrected chi connectivity index (χ3v) is 15.0. The maximum Gasteiger partial charge on any atom is 0.317 e. The van der Waals surface area contributed by atoms with E-state index in [9.17, 15) is 28.8 Å². The van der Waals surface area contributed by atoms with Crippen molar-refractivity contribution in [3.63, 3.8) is 0 Å². The van der Waals surface area contributed by atoms with Crippen molar-refractivity contribution in [2.75, 3.05) is 14.2 Å². The molecular weight excluding hydrogens is 1130 g/mol. The highest BCUT2D eigenvalue weighted by molar-refractivity contribution is 9.10. The number of hydrogen-bond donors (Lipinski definition) is 6. The van der Waals surface area contributed by atoms with Crippen LogP contribution in [0.2, 0.25) is 5.02 Å². The van der Waals surface area contributed by atoms with Crippen LogP contribution in [0.15, 0.2) is 156 Å². The first-order valence-electron chi connectivity index (χ1n) is 25.8. The van der Waals surface area contributed by atoms with Crippen molar-refractivity contribution in [3.8, 4) is 17.2 Å². The van der Waals surface area contributed by atoms with Gasteiger partial charge in [-0.2, -0.15) is 0 Å². The lowest BCUT2D eigenvalue weighted by molar-refractivity contribution is -0.149. The quantitative estimate of drug-likeness (QED) is 0.0237. The number of methoxy groups -OCH3 is 2. The van der Waals surface area contributed by atoms with Gasteiger partial charge >= 0.3 is 11.9 Å². The fourth-order valence-corrected chi connectivity index (χ4v) is 10.1. The Kier molecular flexibility index (Phi) is 20.0. The fraction of sp³-hybridized carbons (Fsp3) is 0.311. The van der Waals surface area contributed by atoms with E-state index in [0.29, 0.717) is 72.5 Å². The number of nitrogens with two attached hydrogens (primary N) is 1. The zero-order valence-corrected chi connectivity index (χ0v) is 47.6. The van der Waals surface area contributed by atoms with Crippen molar-refractivity contribution in [3.05, 3.63) is 195 Å². The Balaban J connectivity index is 0.000000175. The van der Waals surface area contributed by atoms with Crippen LogP contribution in [-0.2, 0) is 80.1 Å². The highest BCUT2D eigenvalue weighted by Crippen LogP contribution is 2.57. The van der Waals surface area contributed by atoms with E-state index in [1.54, 1.807) is 71.6 Å². The molecule has 426 valence electrons. The average Bonchev–Trinajstić information content (AvgIpc) is 4.17. The minimum atomic E-state index is -1.10. The maximum atomic E-state index is 12.4. The number of nitrogens with one attached hydrogen (secondary N) is 3. The molecule has 0 spiro atoms. The highest BCUT2D eigenvalue weighted by atomic mass is 79.9. The van der Waals surface area contributed by atoms with Gasteiger partial charge in [-0.05, 0) is 140 Å². The number of amides is 4. The molecule has 81 heavy (non-hydrogen) atoms. The topological polar surface area (TPSA) is 260 Å². The first-order chi connectivity index (χ1) is 38.7. The number of hydrogen-bond acceptors (Lipinski definition) is 14. The van der Waals surface area contributed by atoms with Gasteiger partial charge < -0.3 is 29.4 Å². The zero-order chi connectivity index (χ0) is 58.5. The predicted octanol–water partition coefficient (Wildman–Crippen LogP) is 8.97. The molecule has 0 aromatic heterocycles. The Hall–Kier alpha value is -7.81. The Morgan fingerprint density at radius 2 is 1.09 bits per heavy atom. The zero-order valence-electron chi connectivity index (χ0n) is 45.2. The second kappa shape index (κ2) is 26.6. The largest absolute Gasteiger partial charge is 0.489 e. The van der Waals surface area contributed by atoms with Crippen LogP contribution in [0.4, 0.5) is 0 Å². The smallest absolute Gasteiger partial charge is 0.317 e. The normalized spacial score (nSPS) is 20.9. The van der Waals surface area contributed by atoms with Crippen LogP contribution >= 0.6 is 27.5 Å². The third kappa shape index (κ3) is 15.2. The van der Waals surface area contributed by atoms with Gasteiger partial charge in [0.1, 0.15) is 42.5 Å². The first kappa shape index (κ1) is 60.8. The van der Waals surface area contributed by atoms with Crippen molar-refractivity contribution < 1.29 is 67.7 Å². The summed E-state index contributed by atoms with van der Waals surface area (Å²) < 4.78 is 28.1. The minimum absolute atomic E-state index is 0.271. The Bertz CT molecular complexity index is 3180. The van der Waals surface area contributed by atoms with Crippen LogP contribution in [-0.4, -0.2) is 65.8 Å². The molecular formula is C61H64BrClN4O14. The lowest BCUT2D eigenvalue weighted by Crippen LogP contribution is -2.38. The SMILES string of the molecule is CC(C)(C)ONC(=O)[C@H]1C[C@@]1(C(N)=O)c1ccc(OCc2ccccc2)cc1.COC(=O)[C@@]1(Cc2ccc(OCc3cccc(Br)c3)cc2)C[C@@H]1C(=O)NO.COC(=O)[C@]1(c2cccc(OCc3ccc(Cl)cc3)c2)C[C@H]1C(=O)NO. The minimum Gasteiger partial charge on any atom is -0.489 e. The molecule has 3 aliphatic rings. The molecule has 3 fully saturated rings. The first-order valence-corrected chi connectivity index (χ1v) is 26.9. The van der Waals surface area contributed by atoms with Gasteiger partial charge in [-0.3, -0.25) is 44.0 Å². The summed E-state index contributed by atoms with van der Waals surface area (Å²) in [6.45, 7) is 6.73. The molecule has 7 N–H and O–H groups in total. The fourth-order valence-electron chi connectivity index (χ4n) is 9.57. The molecule has 9 rings (SSSR count). The summed E-state index contributed by atoms with van der Waals surface area (Å²) in [5.74, 6) is -2.80. The summed E-state index contributed by atoms with van der Waals surface area (Å²) in [4.78, 5) is 77.9. The number of carbonyl (C=O) groups excluding carboxylic acids is 6. The van der Waals surface area contributed by atoms with E-state index in [1.165, 1.54) is 14.2 Å². The molecule has 3 aliphatic carbocycles. The summed E-state index contributed by atoms with van der Waals surface area (Å²) in [6.07, 6.45) is 1.36. The van der Waals surface area contributed by atoms with Gasteiger partial charge in [0.15, 0.2) is 0 Å². The van der Waals surface area contributed by atoms with E-state index in [4.69, 9.17) is 56.3 Å². The standard InChI is InChI=1S/C22H26N2O4.C20H20BrNO5.C19H18ClNO5/c1-21(2,3)28-24-19(25)18-13-22(18,20(23)26)16-9-11-17(12-10-16)27-14-15-7-5-4-6-8-15;1-26-19(24)20(11-17(20)18(23)22-25)10-13-5-7-16(8-6-13)27-12-14-3-2-4-15(21)9-14;1-25-18(23)19(10-16(19)17(22)21-24)13-3-2-4-15(9-13)26-11-12-5-7-14(20)8-6-12/h4-12,18H,13-14H2,1-3H3,(H2,23,26)(H,24,25);2-9,17,25H,10-12H2,1H3,(H,22,23);2-9,16,24H,10-11H2,1H3,(H,21,22)/t18-,22-;17-,20+;16-,19-/m110/s1. The van der Waals surface area contributed by atoms with Gasteiger partial charge in [0.25, 0.3) is 0 Å². The second-order valence-corrected chi connectivity index (χ2v) is 22.2. The molecule has 6 aromatic rings. The highest BCUT2D eigenvalue weighted by Gasteiger charge is 2.67. The molecule has 0 bridgehead atoms. The van der Waals surface area contributed by atoms with E-state index >= 15 is 0 Å². The second-order valence-electron chi connectivity index (χ2n) is 20.8. The van der Waals surface area contributed by atoms with Gasteiger partial charge in [-0.25, -0.2) is 16.4 Å². The van der Waals surface area contributed by atoms with Crippen molar-refractivity contribution in [1.82, 2.24) is 16.4 Å². The molecule has 6 atom stereocenters. The van der Waals surface area contributed by atoms with Gasteiger partial charge in [-0.1, -0.05) is 119 Å². The van der Waals surface area contributed by atoms with E-state index < -0.39 is 69.3 Å². The van der Waals surface area contributed by atoms with Crippen LogP contribution in [0.3, 0.4) is 0 Å². The monoisotopic (exact) mass is 1190 g/mol. The van der Waals surface area contributed by atoms with Crippen LogP contribution in [0.25, 0.3) is 0 Å². The molecule has 0 aliphatic heterocycles. The lowest BCUT2D eigenvalue weighted by atomic mass is 9.92. The van der Waals surface area contributed by atoms with Crippen LogP contribution in [0, 0.1) is 23.2 Å². The number of hydroxylamine groups is 3.